The number of hydrogen-bond donors (Lipinski definition) is 1. The topological polar surface area (TPSA) is 73.2 Å². The number of nitrogens with one attached hydrogen (secondary N) is 1. The maximum Gasteiger partial charge on any atom is 0.257 e. The number of rotatable bonds is 4. The molecule has 0 saturated carbocycles. The first-order valence-electron chi connectivity index (χ1n) is 8.88. The van der Waals surface area contributed by atoms with Crippen LogP contribution in [0.1, 0.15) is 49.4 Å². The number of ether oxygens (including phenoxy) is 1. The van der Waals surface area contributed by atoms with E-state index in [2.05, 4.69) is 5.32 Å². The van der Waals surface area contributed by atoms with Crippen LogP contribution in [0.25, 0.3) is 0 Å². The van der Waals surface area contributed by atoms with E-state index in [4.69, 9.17) is 9.72 Å². The Hall–Kier alpha value is -1.34. The lowest BCUT2D eigenvalue weighted by atomic mass is 9.97. The molecular weight excluding hydrogens is 326 g/mol. The standard InChI is InChI=1S/C17H23N3O3S/c21-15(18-9-12-4-3-7-23-12)8-11-10-24-17-19-14-6-2-1-5-13(14)16(22)20(11)17/h11-12H,1-10H2,(H,18,21)/t11-,12+/m1/s1. The first-order valence-corrected chi connectivity index (χ1v) is 9.86. The lowest BCUT2D eigenvalue weighted by Crippen LogP contribution is -2.36. The summed E-state index contributed by atoms with van der Waals surface area (Å²) in [7, 11) is 0. The maximum atomic E-state index is 12.8. The smallest absolute Gasteiger partial charge is 0.257 e. The van der Waals surface area contributed by atoms with Gasteiger partial charge in [0.15, 0.2) is 5.16 Å². The van der Waals surface area contributed by atoms with Crippen LogP contribution in [0, 0.1) is 0 Å². The predicted octanol–water partition coefficient (Wildman–Crippen LogP) is 1.45. The van der Waals surface area contributed by atoms with Gasteiger partial charge in [-0.15, -0.1) is 0 Å². The molecular formula is C17H23N3O3S. The van der Waals surface area contributed by atoms with Crippen LogP contribution in [0.2, 0.25) is 0 Å². The van der Waals surface area contributed by atoms with Gasteiger partial charge in [-0.3, -0.25) is 14.2 Å². The number of carbonyl (C=O) groups is 1. The quantitative estimate of drug-likeness (QED) is 0.833. The van der Waals surface area contributed by atoms with E-state index in [0.717, 1.165) is 67.3 Å². The molecule has 1 aromatic heterocycles. The van der Waals surface area contributed by atoms with E-state index in [1.54, 1.807) is 16.3 Å². The van der Waals surface area contributed by atoms with Crippen LogP contribution < -0.4 is 10.9 Å². The molecule has 4 rings (SSSR count). The molecule has 0 unspecified atom stereocenters. The Balaban J connectivity index is 1.45. The summed E-state index contributed by atoms with van der Waals surface area (Å²) in [6, 6.07) is -0.0817. The zero-order chi connectivity index (χ0) is 16.5. The molecule has 7 heteroatoms. The highest BCUT2D eigenvalue weighted by Crippen LogP contribution is 2.33. The number of aromatic nitrogens is 2. The molecule has 6 nitrogen and oxygen atoms in total. The average molecular weight is 349 g/mol. The predicted molar refractivity (Wildman–Crippen MR) is 91.5 cm³/mol. The first-order chi connectivity index (χ1) is 11.7. The minimum absolute atomic E-state index is 0.00595. The number of amides is 1. The molecule has 1 aliphatic carbocycles. The van der Waals surface area contributed by atoms with Crippen molar-refractivity contribution < 1.29 is 9.53 Å². The average Bonchev–Trinajstić information content (AvgIpc) is 3.23. The molecule has 0 bridgehead atoms. The second kappa shape index (κ2) is 6.88. The monoisotopic (exact) mass is 349 g/mol. The molecule has 1 fully saturated rings. The van der Waals surface area contributed by atoms with E-state index >= 15 is 0 Å². The van der Waals surface area contributed by atoms with E-state index in [0.29, 0.717) is 13.0 Å². The molecule has 1 N–H and O–H groups in total. The Morgan fingerprint density at radius 2 is 2.21 bits per heavy atom. The largest absolute Gasteiger partial charge is 0.376 e. The fraction of sp³-hybridized carbons (Fsp3) is 0.706. The van der Waals surface area contributed by atoms with Gasteiger partial charge in [-0.05, 0) is 38.5 Å². The molecule has 0 spiro atoms. The van der Waals surface area contributed by atoms with Crippen molar-refractivity contribution in [2.24, 2.45) is 0 Å². The highest BCUT2D eigenvalue weighted by molar-refractivity contribution is 7.99. The Kier molecular flexibility index (Phi) is 4.63. The summed E-state index contributed by atoms with van der Waals surface area (Å²) in [6.07, 6.45) is 6.47. The molecule has 0 radical (unpaired) electrons. The van der Waals surface area contributed by atoms with Gasteiger partial charge in [0, 0.05) is 30.9 Å². The van der Waals surface area contributed by atoms with Gasteiger partial charge < -0.3 is 10.1 Å². The minimum atomic E-state index is -0.0817. The Bertz CT molecular complexity index is 697. The summed E-state index contributed by atoms with van der Waals surface area (Å²) in [5.41, 5.74) is 1.93. The summed E-state index contributed by atoms with van der Waals surface area (Å²) in [5.74, 6) is 0.743. The minimum Gasteiger partial charge on any atom is -0.376 e. The van der Waals surface area contributed by atoms with Crippen LogP contribution in [-0.2, 0) is 22.4 Å². The van der Waals surface area contributed by atoms with E-state index < -0.39 is 0 Å². The number of carbonyl (C=O) groups excluding carboxylic acids is 1. The third-order valence-electron chi connectivity index (χ3n) is 5.09. The van der Waals surface area contributed by atoms with Crippen molar-refractivity contribution in [1.29, 1.82) is 0 Å². The summed E-state index contributed by atoms with van der Waals surface area (Å²) < 4.78 is 7.29. The van der Waals surface area contributed by atoms with Crippen molar-refractivity contribution in [3.8, 4) is 0 Å². The second-order valence-electron chi connectivity index (χ2n) is 6.81. The number of thioether (sulfide) groups is 1. The van der Waals surface area contributed by atoms with Crippen molar-refractivity contribution in [2.45, 2.75) is 62.2 Å². The van der Waals surface area contributed by atoms with Gasteiger partial charge in [0.05, 0.1) is 17.8 Å². The Morgan fingerprint density at radius 3 is 3.04 bits per heavy atom. The normalized spacial score (nSPS) is 25.3. The van der Waals surface area contributed by atoms with Crippen LogP contribution in [0.4, 0.5) is 0 Å². The van der Waals surface area contributed by atoms with Crippen LogP contribution in [0.3, 0.4) is 0 Å². The first kappa shape index (κ1) is 16.1. The third-order valence-corrected chi connectivity index (χ3v) is 6.19. The van der Waals surface area contributed by atoms with E-state index in [9.17, 15) is 9.59 Å². The third kappa shape index (κ3) is 3.11. The lowest BCUT2D eigenvalue weighted by Gasteiger charge is -2.19. The zero-order valence-electron chi connectivity index (χ0n) is 13.8. The van der Waals surface area contributed by atoms with Crippen molar-refractivity contribution >= 4 is 17.7 Å². The van der Waals surface area contributed by atoms with Crippen LogP contribution in [-0.4, -0.2) is 40.5 Å². The van der Waals surface area contributed by atoms with Crippen LogP contribution in [0.5, 0.6) is 0 Å². The van der Waals surface area contributed by atoms with Crippen molar-refractivity contribution in [3.05, 3.63) is 21.6 Å². The Labute approximate surface area is 145 Å². The van der Waals surface area contributed by atoms with Gasteiger partial charge in [0.1, 0.15) is 0 Å². The molecule has 1 saturated heterocycles. The number of hydrogen-bond acceptors (Lipinski definition) is 5. The van der Waals surface area contributed by atoms with E-state index in [1.807, 2.05) is 0 Å². The summed E-state index contributed by atoms with van der Waals surface area (Å²) in [6.45, 7) is 1.36. The number of aryl methyl sites for hydroxylation is 1. The van der Waals surface area contributed by atoms with Gasteiger partial charge >= 0.3 is 0 Å². The number of nitrogens with zero attached hydrogens (tertiary/aromatic N) is 2. The fourth-order valence-corrected chi connectivity index (χ4v) is 4.94. The van der Waals surface area contributed by atoms with E-state index in [1.165, 1.54) is 0 Å². The summed E-state index contributed by atoms with van der Waals surface area (Å²) >= 11 is 1.60. The summed E-state index contributed by atoms with van der Waals surface area (Å²) in [5, 5.41) is 3.74. The molecule has 3 aliphatic rings. The van der Waals surface area contributed by atoms with E-state index in [-0.39, 0.29) is 23.6 Å². The highest BCUT2D eigenvalue weighted by atomic mass is 32.2. The molecule has 3 heterocycles. The van der Waals surface area contributed by atoms with Crippen molar-refractivity contribution in [1.82, 2.24) is 14.9 Å². The van der Waals surface area contributed by atoms with Gasteiger partial charge in [-0.2, -0.15) is 0 Å². The van der Waals surface area contributed by atoms with Crippen molar-refractivity contribution in [3.63, 3.8) is 0 Å². The van der Waals surface area contributed by atoms with Crippen LogP contribution >= 0.6 is 11.8 Å². The molecule has 1 amide bonds. The fourth-order valence-electron chi connectivity index (χ4n) is 3.78. The Morgan fingerprint density at radius 1 is 1.33 bits per heavy atom. The maximum absolute atomic E-state index is 12.8. The molecule has 2 atom stereocenters. The lowest BCUT2D eigenvalue weighted by molar-refractivity contribution is -0.122. The highest BCUT2D eigenvalue weighted by Gasteiger charge is 2.30. The number of fused-ring (bicyclic) bond motifs is 2. The van der Waals surface area contributed by atoms with Gasteiger partial charge in [0.25, 0.3) is 5.56 Å². The van der Waals surface area contributed by atoms with Crippen molar-refractivity contribution in [2.75, 3.05) is 18.9 Å². The van der Waals surface area contributed by atoms with Gasteiger partial charge in [0.2, 0.25) is 5.91 Å². The molecule has 1 aromatic rings. The van der Waals surface area contributed by atoms with Crippen LogP contribution in [0.15, 0.2) is 9.95 Å². The SMILES string of the molecule is O=C(C[C@@H]1CSc2nc3c(c(=O)n21)CCCC3)NC[C@@H]1CCCO1. The summed E-state index contributed by atoms with van der Waals surface area (Å²) in [4.78, 5) is 29.8. The molecule has 130 valence electrons. The van der Waals surface area contributed by atoms with Gasteiger partial charge in [-0.25, -0.2) is 4.98 Å². The zero-order valence-corrected chi connectivity index (χ0v) is 14.6. The molecule has 2 aliphatic heterocycles. The molecule has 0 aromatic carbocycles. The second-order valence-corrected chi connectivity index (χ2v) is 7.80. The van der Waals surface area contributed by atoms with Gasteiger partial charge in [-0.1, -0.05) is 11.8 Å². The molecule has 24 heavy (non-hydrogen) atoms.